The number of aryl methyl sites for hydroxylation is 3. The maximum absolute atomic E-state index is 12.3. The van der Waals surface area contributed by atoms with E-state index in [4.69, 9.17) is 0 Å². The molecule has 1 amide bonds. The van der Waals surface area contributed by atoms with Gasteiger partial charge in [-0.1, -0.05) is 30.3 Å². The first-order chi connectivity index (χ1) is 12.2. The molecule has 130 valence electrons. The normalized spacial score (nSPS) is 12.0. The van der Waals surface area contributed by atoms with Crippen molar-refractivity contribution in [1.82, 2.24) is 35.1 Å². The van der Waals surface area contributed by atoms with Crippen molar-refractivity contribution >= 4 is 5.91 Å². The summed E-state index contributed by atoms with van der Waals surface area (Å²) in [6.45, 7) is 3.22. The molecule has 1 atom stereocenters. The molecule has 0 aliphatic heterocycles. The number of hydrogen-bond acceptors (Lipinski definition) is 5. The summed E-state index contributed by atoms with van der Waals surface area (Å²) in [4.78, 5) is 16.6. The fourth-order valence-corrected chi connectivity index (χ4v) is 2.68. The fraction of sp³-hybridized carbons (Fsp3) is 0.353. The predicted molar refractivity (Wildman–Crippen MR) is 91.3 cm³/mol. The standard InChI is InChI=1S/C17H21N7O/c1-14-18-9-12-23(14)10-7-16(15-5-3-2-4-6-15)20-17(25)8-11-24-13-19-21-22-24/h2-6,9,12-13,16H,7-8,10-11H2,1H3,(H,20,25). The molecule has 25 heavy (non-hydrogen) atoms. The van der Waals surface area contributed by atoms with E-state index in [1.165, 1.54) is 6.33 Å². The van der Waals surface area contributed by atoms with E-state index in [0.29, 0.717) is 13.0 Å². The Labute approximate surface area is 145 Å². The lowest BCUT2D eigenvalue weighted by Crippen LogP contribution is -2.30. The molecule has 0 saturated heterocycles. The number of amides is 1. The second-order valence-electron chi connectivity index (χ2n) is 5.81. The highest BCUT2D eigenvalue weighted by atomic mass is 16.1. The Morgan fingerprint density at radius 1 is 1.24 bits per heavy atom. The van der Waals surface area contributed by atoms with Crippen LogP contribution in [0.4, 0.5) is 0 Å². The third-order valence-corrected chi connectivity index (χ3v) is 4.08. The minimum Gasteiger partial charge on any atom is -0.349 e. The largest absolute Gasteiger partial charge is 0.349 e. The predicted octanol–water partition coefficient (Wildman–Crippen LogP) is 1.52. The SMILES string of the molecule is Cc1nccn1CCC(NC(=O)CCn1cnnn1)c1ccccc1. The lowest BCUT2D eigenvalue weighted by atomic mass is 10.0. The van der Waals surface area contributed by atoms with Crippen LogP contribution in [0.15, 0.2) is 49.1 Å². The van der Waals surface area contributed by atoms with E-state index in [2.05, 4.69) is 30.4 Å². The molecule has 3 rings (SSSR count). The first-order valence-corrected chi connectivity index (χ1v) is 8.25. The number of tetrazole rings is 1. The van der Waals surface area contributed by atoms with E-state index in [1.54, 1.807) is 10.9 Å². The minimum absolute atomic E-state index is 0.0216. The third kappa shape index (κ3) is 4.72. The molecule has 0 spiro atoms. The number of imidazole rings is 1. The third-order valence-electron chi connectivity index (χ3n) is 4.08. The fourth-order valence-electron chi connectivity index (χ4n) is 2.68. The van der Waals surface area contributed by atoms with Gasteiger partial charge in [-0.25, -0.2) is 9.67 Å². The van der Waals surface area contributed by atoms with Gasteiger partial charge in [0.05, 0.1) is 12.6 Å². The highest BCUT2D eigenvalue weighted by Crippen LogP contribution is 2.18. The lowest BCUT2D eigenvalue weighted by molar-refractivity contribution is -0.122. The number of carbonyl (C=O) groups is 1. The second kappa shape index (κ2) is 8.18. The summed E-state index contributed by atoms with van der Waals surface area (Å²) in [5.41, 5.74) is 1.09. The number of hydrogen-bond donors (Lipinski definition) is 1. The van der Waals surface area contributed by atoms with E-state index < -0.39 is 0 Å². The molecule has 1 unspecified atom stereocenters. The van der Waals surface area contributed by atoms with Crippen LogP contribution >= 0.6 is 0 Å². The molecule has 0 saturated carbocycles. The van der Waals surface area contributed by atoms with Gasteiger partial charge in [0.2, 0.25) is 5.91 Å². The Morgan fingerprint density at radius 2 is 2.08 bits per heavy atom. The highest BCUT2D eigenvalue weighted by molar-refractivity contribution is 5.76. The molecule has 8 heteroatoms. The average Bonchev–Trinajstić information content (AvgIpc) is 3.29. The summed E-state index contributed by atoms with van der Waals surface area (Å²) < 4.78 is 3.63. The Balaban J connectivity index is 1.61. The van der Waals surface area contributed by atoms with Crippen molar-refractivity contribution in [3.05, 3.63) is 60.4 Å². The molecule has 1 N–H and O–H groups in total. The quantitative estimate of drug-likeness (QED) is 0.672. The van der Waals surface area contributed by atoms with Crippen LogP contribution < -0.4 is 5.32 Å². The van der Waals surface area contributed by atoms with Crippen LogP contribution in [-0.4, -0.2) is 35.7 Å². The van der Waals surface area contributed by atoms with Crippen molar-refractivity contribution in [3.8, 4) is 0 Å². The number of carbonyl (C=O) groups excluding carboxylic acids is 1. The molecule has 0 bridgehead atoms. The van der Waals surface area contributed by atoms with Gasteiger partial charge >= 0.3 is 0 Å². The van der Waals surface area contributed by atoms with Gasteiger partial charge in [-0.3, -0.25) is 4.79 Å². The number of nitrogens with zero attached hydrogens (tertiary/aromatic N) is 6. The van der Waals surface area contributed by atoms with Crippen LogP contribution in [0.1, 0.15) is 30.3 Å². The van der Waals surface area contributed by atoms with Crippen molar-refractivity contribution in [3.63, 3.8) is 0 Å². The van der Waals surface area contributed by atoms with Gasteiger partial charge in [0.1, 0.15) is 12.2 Å². The summed E-state index contributed by atoms with van der Waals surface area (Å²) in [5.74, 6) is 0.948. The Morgan fingerprint density at radius 3 is 2.76 bits per heavy atom. The summed E-state index contributed by atoms with van der Waals surface area (Å²) in [6, 6.07) is 9.96. The van der Waals surface area contributed by atoms with Crippen molar-refractivity contribution in [2.75, 3.05) is 0 Å². The van der Waals surface area contributed by atoms with Gasteiger partial charge in [-0.2, -0.15) is 0 Å². The number of aromatic nitrogens is 6. The molecule has 3 aromatic rings. The summed E-state index contributed by atoms with van der Waals surface area (Å²) in [7, 11) is 0. The minimum atomic E-state index is -0.0515. The molecule has 2 heterocycles. The zero-order valence-electron chi connectivity index (χ0n) is 14.1. The van der Waals surface area contributed by atoms with Crippen LogP contribution in [0.3, 0.4) is 0 Å². The van der Waals surface area contributed by atoms with E-state index in [0.717, 1.165) is 24.4 Å². The van der Waals surface area contributed by atoms with Gasteiger partial charge in [0.25, 0.3) is 0 Å². The maximum atomic E-state index is 12.3. The first kappa shape index (κ1) is 16.8. The van der Waals surface area contributed by atoms with E-state index in [-0.39, 0.29) is 11.9 Å². The van der Waals surface area contributed by atoms with Crippen LogP contribution in [-0.2, 0) is 17.9 Å². The average molecular weight is 339 g/mol. The van der Waals surface area contributed by atoms with Crippen LogP contribution in [0.25, 0.3) is 0 Å². The molecule has 0 aliphatic carbocycles. The number of benzene rings is 1. The van der Waals surface area contributed by atoms with Gasteiger partial charge in [0, 0.05) is 25.4 Å². The zero-order valence-corrected chi connectivity index (χ0v) is 14.1. The molecule has 1 aromatic carbocycles. The van der Waals surface area contributed by atoms with E-state index >= 15 is 0 Å². The first-order valence-electron chi connectivity index (χ1n) is 8.25. The van der Waals surface area contributed by atoms with Gasteiger partial charge in [0.15, 0.2) is 0 Å². The molecule has 0 aliphatic rings. The number of nitrogens with one attached hydrogen (secondary N) is 1. The molecular weight excluding hydrogens is 318 g/mol. The topological polar surface area (TPSA) is 90.5 Å². The lowest BCUT2D eigenvalue weighted by Gasteiger charge is -2.20. The van der Waals surface area contributed by atoms with Gasteiger partial charge in [-0.15, -0.1) is 5.10 Å². The monoisotopic (exact) mass is 339 g/mol. The van der Waals surface area contributed by atoms with Crippen molar-refractivity contribution < 1.29 is 4.79 Å². The van der Waals surface area contributed by atoms with Gasteiger partial charge in [-0.05, 0) is 29.3 Å². The van der Waals surface area contributed by atoms with Crippen LogP contribution in [0, 0.1) is 6.92 Å². The summed E-state index contributed by atoms with van der Waals surface area (Å²) in [6.07, 6.45) is 6.37. The second-order valence-corrected chi connectivity index (χ2v) is 5.81. The van der Waals surface area contributed by atoms with Crippen LogP contribution in [0.2, 0.25) is 0 Å². The molecule has 0 radical (unpaired) electrons. The van der Waals surface area contributed by atoms with E-state index in [9.17, 15) is 4.79 Å². The Bertz CT molecular complexity index is 782. The molecule has 8 nitrogen and oxygen atoms in total. The zero-order chi connectivity index (χ0) is 17.5. The number of rotatable bonds is 8. The smallest absolute Gasteiger partial charge is 0.222 e. The Hall–Kier alpha value is -3.03. The van der Waals surface area contributed by atoms with Gasteiger partial charge < -0.3 is 9.88 Å². The molecule has 0 fully saturated rings. The van der Waals surface area contributed by atoms with Crippen molar-refractivity contribution in [2.24, 2.45) is 0 Å². The maximum Gasteiger partial charge on any atom is 0.222 e. The molecular formula is C17H21N7O. The summed E-state index contributed by atoms with van der Waals surface area (Å²) in [5, 5.41) is 14.0. The van der Waals surface area contributed by atoms with Crippen molar-refractivity contribution in [1.29, 1.82) is 0 Å². The van der Waals surface area contributed by atoms with E-state index in [1.807, 2.05) is 43.5 Å². The highest BCUT2D eigenvalue weighted by Gasteiger charge is 2.15. The van der Waals surface area contributed by atoms with Crippen molar-refractivity contribution in [2.45, 2.75) is 38.9 Å². The molecule has 2 aromatic heterocycles. The van der Waals surface area contributed by atoms with Crippen LogP contribution in [0.5, 0.6) is 0 Å². The Kier molecular flexibility index (Phi) is 5.50. The summed E-state index contributed by atoms with van der Waals surface area (Å²) >= 11 is 0.